The summed E-state index contributed by atoms with van der Waals surface area (Å²) in [7, 11) is 1.81. The third kappa shape index (κ3) is 6.41. The number of hydrogen-bond acceptors (Lipinski definition) is 4. The van der Waals surface area contributed by atoms with E-state index in [0.717, 1.165) is 50.7 Å². The average Bonchev–Trinajstić information content (AvgIpc) is 3.47. The molecule has 154 valence electrons. The van der Waals surface area contributed by atoms with E-state index in [2.05, 4.69) is 45.3 Å². The highest BCUT2D eigenvalue weighted by Crippen LogP contribution is 2.18. The van der Waals surface area contributed by atoms with Gasteiger partial charge < -0.3 is 20.3 Å². The van der Waals surface area contributed by atoms with E-state index in [-0.39, 0.29) is 12.0 Å². The van der Waals surface area contributed by atoms with Gasteiger partial charge in [-0.2, -0.15) is 0 Å². The first-order valence-corrected chi connectivity index (χ1v) is 10.2. The third-order valence-corrected chi connectivity index (χ3v) is 5.07. The molecule has 2 aliphatic rings. The number of benzene rings is 1. The molecular formula is C21H33N5O2. The summed E-state index contributed by atoms with van der Waals surface area (Å²) in [5.41, 5.74) is 1.19. The lowest BCUT2D eigenvalue weighted by Crippen LogP contribution is -2.54. The zero-order valence-electron chi connectivity index (χ0n) is 17.3. The summed E-state index contributed by atoms with van der Waals surface area (Å²) in [6.45, 7) is 8.77. The number of carbonyl (C=O) groups is 1. The molecule has 7 heteroatoms. The van der Waals surface area contributed by atoms with Crippen LogP contribution in [0.5, 0.6) is 5.75 Å². The number of piperazine rings is 1. The first-order chi connectivity index (χ1) is 13.5. The van der Waals surface area contributed by atoms with Crippen molar-refractivity contribution in [3.8, 4) is 5.75 Å². The average molecular weight is 388 g/mol. The fourth-order valence-electron chi connectivity index (χ4n) is 3.35. The van der Waals surface area contributed by atoms with Crippen LogP contribution in [-0.4, -0.2) is 80.1 Å². The van der Waals surface area contributed by atoms with Gasteiger partial charge in [0, 0.05) is 39.3 Å². The summed E-state index contributed by atoms with van der Waals surface area (Å²) in [6, 6.07) is 8.53. The van der Waals surface area contributed by atoms with Crippen molar-refractivity contribution in [1.29, 1.82) is 0 Å². The smallest absolute Gasteiger partial charge is 0.234 e. The van der Waals surface area contributed by atoms with E-state index in [0.29, 0.717) is 19.1 Å². The Bertz CT molecular complexity index is 681. The monoisotopic (exact) mass is 387 g/mol. The summed E-state index contributed by atoms with van der Waals surface area (Å²) in [4.78, 5) is 20.8. The lowest BCUT2D eigenvalue weighted by Gasteiger charge is -2.36. The number of amides is 1. The molecule has 1 aliphatic carbocycles. The largest absolute Gasteiger partial charge is 0.489 e. The summed E-state index contributed by atoms with van der Waals surface area (Å²) in [5.74, 6) is 1.93. The van der Waals surface area contributed by atoms with Crippen molar-refractivity contribution in [2.75, 3.05) is 46.3 Å². The van der Waals surface area contributed by atoms with Crippen LogP contribution in [0.15, 0.2) is 29.3 Å². The van der Waals surface area contributed by atoms with Crippen LogP contribution in [-0.2, 0) is 4.79 Å². The van der Waals surface area contributed by atoms with Crippen LogP contribution < -0.4 is 15.4 Å². The molecule has 1 aliphatic heterocycles. The van der Waals surface area contributed by atoms with E-state index in [1.807, 2.05) is 25.2 Å². The Kier molecular flexibility index (Phi) is 7.14. The molecule has 1 aromatic rings. The van der Waals surface area contributed by atoms with Gasteiger partial charge in [-0.05, 0) is 44.4 Å². The van der Waals surface area contributed by atoms with E-state index in [9.17, 15) is 4.79 Å². The number of nitrogens with one attached hydrogen (secondary N) is 2. The number of nitrogens with zero attached hydrogens (tertiary/aromatic N) is 3. The molecule has 2 fully saturated rings. The van der Waals surface area contributed by atoms with E-state index in [1.165, 1.54) is 5.56 Å². The highest BCUT2D eigenvalue weighted by molar-refractivity contribution is 5.80. The van der Waals surface area contributed by atoms with E-state index in [4.69, 9.17) is 4.74 Å². The van der Waals surface area contributed by atoms with E-state index < -0.39 is 0 Å². The molecular weight excluding hydrogens is 354 g/mol. The zero-order chi connectivity index (χ0) is 19.9. The minimum atomic E-state index is 0.0333. The van der Waals surface area contributed by atoms with Gasteiger partial charge in [-0.3, -0.25) is 14.7 Å². The lowest BCUT2D eigenvalue weighted by molar-refractivity contribution is -0.122. The molecule has 2 N–H and O–H groups in total. The highest BCUT2D eigenvalue weighted by atomic mass is 16.5. The molecule has 28 heavy (non-hydrogen) atoms. The number of ether oxygens (including phenoxy) is 1. The van der Waals surface area contributed by atoms with Gasteiger partial charge >= 0.3 is 0 Å². The molecule has 1 saturated heterocycles. The molecule has 1 unspecified atom stereocenters. The SMILES string of the molecule is CN=C(NCC(C)Oc1cccc(C)c1)N1CCN(CC(=O)NC2CC2)CC1. The van der Waals surface area contributed by atoms with Gasteiger partial charge in [0.2, 0.25) is 5.91 Å². The van der Waals surface area contributed by atoms with Crippen molar-refractivity contribution < 1.29 is 9.53 Å². The highest BCUT2D eigenvalue weighted by Gasteiger charge is 2.26. The summed E-state index contributed by atoms with van der Waals surface area (Å²) >= 11 is 0. The molecule has 0 aromatic heterocycles. The third-order valence-electron chi connectivity index (χ3n) is 5.07. The van der Waals surface area contributed by atoms with Gasteiger partial charge in [-0.1, -0.05) is 12.1 Å². The van der Waals surface area contributed by atoms with E-state index >= 15 is 0 Å². The molecule has 7 nitrogen and oxygen atoms in total. The second-order valence-corrected chi connectivity index (χ2v) is 7.78. The maximum Gasteiger partial charge on any atom is 0.234 e. The number of carbonyl (C=O) groups excluding carboxylic acids is 1. The Hall–Kier alpha value is -2.28. The van der Waals surface area contributed by atoms with Crippen LogP contribution >= 0.6 is 0 Å². The summed E-state index contributed by atoms with van der Waals surface area (Å²) in [6.07, 6.45) is 2.30. The fraction of sp³-hybridized carbons (Fsp3) is 0.619. The van der Waals surface area contributed by atoms with Crippen molar-refractivity contribution in [2.45, 2.75) is 38.8 Å². The molecule has 1 saturated carbocycles. The predicted molar refractivity (Wildman–Crippen MR) is 112 cm³/mol. The Balaban J connectivity index is 1.38. The van der Waals surface area contributed by atoms with Gasteiger partial charge in [-0.25, -0.2) is 0 Å². The van der Waals surface area contributed by atoms with Crippen molar-refractivity contribution in [3.05, 3.63) is 29.8 Å². The first kappa shape index (κ1) is 20.5. The lowest BCUT2D eigenvalue weighted by atomic mass is 10.2. The van der Waals surface area contributed by atoms with Crippen molar-refractivity contribution in [3.63, 3.8) is 0 Å². The second-order valence-electron chi connectivity index (χ2n) is 7.78. The molecule has 0 bridgehead atoms. The minimum absolute atomic E-state index is 0.0333. The topological polar surface area (TPSA) is 69.2 Å². The van der Waals surface area contributed by atoms with Crippen molar-refractivity contribution in [1.82, 2.24) is 20.4 Å². The summed E-state index contributed by atoms with van der Waals surface area (Å²) in [5, 5.41) is 6.48. The molecule has 1 atom stereocenters. The molecule has 1 amide bonds. The Morgan fingerprint density at radius 3 is 2.68 bits per heavy atom. The Morgan fingerprint density at radius 1 is 1.29 bits per heavy atom. The van der Waals surface area contributed by atoms with Crippen LogP contribution in [0.4, 0.5) is 0 Å². The van der Waals surface area contributed by atoms with Gasteiger partial charge in [-0.15, -0.1) is 0 Å². The number of guanidine groups is 1. The molecule has 3 rings (SSSR count). The van der Waals surface area contributed by atoms with Crippen LogP contribution in [0, 0.1) is 6.92 Å². The number of rotatable bonds is 7. The zero-order valence-corrected chi connectivity index (χ0v) is 17.3. The normalized spacial score (nSPS) is 19.2. The second kappa shape index (κ2) is 9.78. The number of aryl methyl sites for hydroxylation is 1. The van der Waals surface area contributed by atoms with Crippen LogP contribution in [0.2, 0.25) is 0 Å². The number of hydrogen-bond donors (Lipinski definition) is 2. The summed E-state index contributed by atoms with van der Waals surface area (Å²) < 4.78 is 5.99. The Labute approximate surface area is 168 Å². The molecule has 1 heterocycles. The van der Waals surface area contributed by atoms with Gasteiger partial charge in [0.15, 0.2) is 5.96 Å². The molecule has 1 aromatic carbocycles. The fourth-order valence-corrected chi connectivity index (χ4v) is 3.35. The molecule has 0 spiro atoms. The standard InChI is InChI=1S/C21H33N5O2/c1-16-5-4-6-19(13-16)28-17(2)14-23-21(22-3)26-11-9-25(10-12-26)15-20(27)24-18-7-8-18/h4-6,13,17-18H,7-12,14-15H2,1-3H3,(H,22,23)(H,24,27). The molecule has 0 radical (unpaired) electrons. The van der Waals surface area contributed by atoms with Crippen LogP contribution in [0.1, 0.15) is 25.3 Å². The van der Waals surface area contributed by atoms with Crippen LogP contribution in [0.3, 0.4) is 0 Å². The number of aliphatic imine (C=N–C) groups is 1. The maximum atomic E-state index is 12.0. The van der Waals surface area contributed by atoms with E-state index in [1.54, 1.807) is 0 Å². The predicted octanol–water partition coefficient (Wildman–Crippen LogP) is 1.23. The quantitative estimate of drug-likeness (QED) is 0.544. The Morgan fingerprint density at radius 2 is 2.04 bits per heavy atom. The van der Waals surface area contributed by atoms with Crippen molar-refractivity contribution in [2.24, 2.45) is 4.99 Å². The van der Waals surface area contributed by atoms with Gasteiger partial charge in [0.1, 0.15) is 11.9 Å². The first-order valence-electron chi connectivity index (χ1n) is 10.2. The van der Waals surface area contributed by atoms with Crippen molar-refractivity contribution >= 4 is 11.9 Å². The maximum absolute atomic E-state index is 12.0. The van der Waals surface area contributed by atoms with Crippen LogP contribution in [0.25, 0.3) is 0 Å². The van der Waals surface area contributed by atoms with Gasteiger partial charge in [0.05, 0.1) is 13.1 Å². The minimum Gasteiger partial charge on any atom is -0.489 e. The van der Waals surface area contributed by atoms with Gasteiger partial charge in [0.25, 0.3) is 0 Å².